The van der Waals surface area contributed by atoms with Crippen LogP contribution in [0, 0.1) is 6.92 Å². The van der Waals surface area contributed by atoms with E-state index in [0.717, 1.165) is 18.7 Å². The Hall–Kier alpha value is -2.48. The molecule has 1 saturated heterocycles. The molecule has 2 aromatic rings. The lowest BCUT2D eigenvalue weighted by atomic mass is 10.1. The number of para-hydroxylation sites is 1. The van der Waals surface area contributed by atoms with Gasteiger partial charge in [0, 0.05) is 38.4 Å². The molecule has 0 spiro atoms. The van der Waals surface area contributed by atoms with Crippen LogP contribution in [0.4, 0.5) is 11.5 Å². The Morgan fingerprint density at radius 1 is 1.21 bits per heavy atom. The standard InChI is InChI=1S/C21H28N4O3S/c1-16-12-19(23-28-16)22-20(26)14-29-15-21(27)24(2)13-17-8-4-5-9-18(17)25-10-6-3-7-11-25/h4-5,8-9,12H,3,6-7,10-11,13-15H2,1-2H3,(H,22,23,26). The summed E-state index contributed by atoms with van der Waals surface area (Å²) in [4.78, 5) is 28.6. The van der Waals surface area contributed by atoms with E-state index in [4.69, 9.17) is 4.52 Å². The molecule has 1 aromatic heterocycles. The van der Waals surface area contributed by atoms with Crippen LogP contribution in [-0.4, -0.2) is 53.5 Å². The molecule has 1 fully saturated rings. The van der Waals surface area contributed by atoms with Gasteiger partial charge in [0.1, 0.15) is 5.76 Å². The van der Waals surface area contributed by atoms with Gasteiger partial charge in [-0.15, -0.1) is 11.8 Å². The predicted octanol–water partition coefficient (Wildman–Crippen LogP) is 3.30. The first kappa shape index (κ1) is 21.2. The van der Waals surface area contributed by atoms with Gasteiger partial charge in [-0.25, -0.2) is 0 Å². The van der Waals surface area contributed by atoms with E-state index in [-0.39, 0.29) is 23.3 Å². The van der Waals surface area contributed by atoms with Gasteiger partial charge in [0.2, 0.25) is 11.8 Å². The number of carbonyl (C=O) groups is 2. The number of hydrogen-bond acceptors (Lipinski definition) is 6. The molecule has 0 radical (unpaired) electrons. The quantitative estimate of drug-likeness (QED) is 0.711. The van der Waals surface area contributed by atoms with E-state index in [1.54, 1.807) is 17.9 Å². The SMILES string of the molecule is Cc1cc(NC(=O)CSCC(=O)N(C)Cc2ccccc2N2CCCCC2)no1. The number of rotatable bonds is 8. The van der Waals surface area contributed by atoms with Gasteiger partial charge in [-0.3, -0.25) is 9.59 Å². The summed E-state index contributed by atoms with van der Waals surface area (Å²) >= 11 is 1.29. The number of hydrogen-bond donors (Lipinski definition) is 1. The van der Waals surface area contributed by atoms with Gasteiger partial charge in [0.15, 0.2) is 5.82 Å². The summed E-state index contributed by atoms with van der Waals surface area (Å²) in [6.45, 7) is 4.47. The van der Waals surface area contributed by atoms with E-state index in [0.29, 0.717) is 18.1 Å². The van der Waals surface area contributed by atoms with Crippen LogP contribution in [0.3, 0.4) is 0 Å². The van der Waals surface area contributed by atoms with E-state index in [1.807, 2.05) is 13.1 Å². The molecule has 1 N–H and O–H groups in total. The van der Waals surface area contributed by atoms with Crippen LogP contribution in [0.1, 0.15) is 30.6 Å². The molecule has 0 aliphatic carbocycles. The monoisotopic (exact) mass is 416 g/mol. The largest absolute Gasteiger partial charge is 0.371 e. The van der Waals surface area contributed by atoms with Crippen molar-refractivity contribution < 1.29 is 14.1 Å². The minimum atomic E-state index is -0.200. The maximum atomic E-state index is 12.5. The molecule has 156 valence electrons. The summed E-state index contributed by atoms with van der Waals surface area (Å²) < 4.78 is 4.91. The van der Waals surface area contributed by atoms with Crippen molar-refractivity contribution in [2.75, 3.05) is 41.9 Å². The maximum Gasteiger partial charge on any atom is 0.235 e. The zero-order valence-electron chi connectivity index (χ0n) is 17.0. The molecule has 0 bridgehead atoms. The fraction of sp³-hybridized carbons (Fsp3) is 0.476. The number of thioether (sulfide) groups is 1. The molecule has 0 unspecified atom stereocenters. The summed E-state index contributed by atoms with van der Waals surface area (Å²) in [6, 6.07) is 9.96. The lowest BCUT2D eigenvalue weighted by molar-refractivity contribution is -0.127. The van der Waals surface area contributed by atoms with Crippen molar-refractivity contribution in [2.24, 2.45) is 0 Å². The molecule has 3 rings (SSSR count). The Balaban J connectivity index is 1.46. The average molecular weight is 417 g/mol. The van der Waals surface area contributed by atoms with E-state index < -0.39 is 0 Å². The molecular formula is C21H28N4O3S. The number of aryl methyl sites for hydroxylation is 1. The van der Waals surface area contributed by atoms with Crippen LogP contribution in [0.2, 0.25) is 0 Å². The molecule has 1 aliphatic rings. The van der Waals surface area contributed by atoms with Crippen LogP contribution in [0.5, 0.6) is 0 Å². The van der Waals surface area contributed by atoms with Gasteiger partial charge in [0.05, 0.1) is 11.5 Å². The predicted molar refractivity (Wildman–Crippen MR) is 116 cm³/mol. The number of amides is 2. The van der Waals surface area contributed by atoms with Crippen molar-refractivity contribution in [2.45, 2.75) is 32.7 Å². The van der Waals surface area contributed by atoms with Gasteiger partial charge in [0.25, 0.3) is 0 Å². The zero-order chi connectivity index (χ0) is 20.6. The van der Waals surface area contributed by atoms with Crippen molar-refractivity contribution >= 4 is 35.1 Å². The van der Waals surface area contributed by atoms with Gasteiger partial charge in [-0.2, -0.15) is 0 Å². The number of nitrogens with one attached hydrogen (secondary N) is 1. The highest BCUT2D eigenvalue weighted by molar-refractivity contribution is 8.00. The fourth-order valence-electron chi connectivity index (χ4n) is 3.38. The Bertz CT molecular complexity index is 833. The topological polar surface area (TPSA) is 78.7 Å². The Kier molecular flexibility index (Phi) is 7.57. The maximum absolute atomic E-state index is 12.5. The van der Waals surface area contributed by atoms with Crippen molar-refractivity contribution in [3.8, 4) is 0 Å². The molecule has 1 aromatic carbocycles. The number of aromatic nitrogens is 1. The lowest BCUT2D eigenvalue weighted by Crippen LogP contribution is -2.32. The van der Waals surface area contributed by atoms with Crippen molar-refractivity contribution in [3.05, 3.63) is 41.7 Å². The second kappa shape index (κ2) is 10.3. The molecule has 2 heterocycles. The van der Waals surface area contributed by atoms with Gasteiger partial charge in [-0.1, -0.05) is 23.4 Å². The molecule has 29 heavy (non-hydrogen) atoms. The fourth-order valence-corrected chi connectivity index (χ4v) is 4.13. The highest BCUT2D eigenvalue weighted by atomic mass is 32.2. The number of nitrogens with zero attached hydrogens (tertiary/aromatic N) is 3. The molecule has 0 atom stereocenters. The van der Waals surface area contributed by atoms with E-state index in [1.165, 1.54) is 36.7 Å². The van der Waals surface area contributed by atoms with Gasteiger partial charge < -0.3 is 19.6 Å². The van der Waals surface area contributed by atoms with Gasteiger partial charge >= 0.3 is 0 Å². The smallest absolute Gasteiger partial charge is 0.235 e. The number of carbonyl (C=O) groups excluding carboxylic acids is 2. The molecule has 8 heteroatoms. The molecule has 2 amide bonds. The Labute approximate surface area is 175 Å². The first-order chi connectivity index (χ1) is 14.0. The third-order valence-electron chi connectivity index (χ3n) is 4.88. The number of piperidine rings is 1. The summed E-state index contributed by atoms with van der Waals surface area (Å²) in [5.41, 5.74) is 2.39. The summed E-state index contributed by atoms with van der Waals surface area (Å²) in [7, 11) is 1.81. The Morgan fingerprint density at radius 2 is 1.97 bits per heavy atom. The van der Waals surface area contributed by atoms with Crippen LogP contribution in [0.15, 0.2) is 34.9 Å². The van der Waals surface area contributed by atoms with E-state index in [9.17, 15) is 9.59 Å². The second-order valence-electron chi connectivity index (χ2n) is 7.29. The van der Waals surface area contributed by atoms with Crippen LogP contribution in [-0.2, 0) is 16.1 Å². The Morgan fingerprint density at radius 3 is 2.69 bits per heavy atom. The molecule has 1 aliphatic heterocycles. The van der Waals surface area contributed by atoms with Crippen LogP contribution in [0.25, 0.3) is 0 Å². The van der Waals surface area contributed by atoms with Crippen molar-refractivity contribution in [3.63, 3.8) is 0 Å². The molecular weight excluding hydrogens is 388 g/mol. The molecule has 0 saturated carbocycles. The van der Waals surface area contributed by atoms with E-state index >= 15 is 0 Å². The van der Waals surface area contributed by atoms with Crippen molar-refractivity contribution in [1.82, 2.24) is 10.1 Å². The van der Waals surface area contributed by atoms with Crippen molar-refractivity contribution in [1.29, 1.82) is 0 Å². The first-order valence-electron chi connectivity index (χ1n) is 9.90. The molecule has 7 nitrogen and oxygen atoms in total. The minimum absolute atomic E-state index is 0.00790. The first-order valence-corrected chi connectivity index (χ1v) is 11.1. The highest BCUT2D eigenvalue weighted by Crippen LogP contribution is 2.25. The van der Waals surface area contributed by atoms with Crippen LogP contribution >= 0.6 is 11.8 Å². The summed E-state index contributed by atoms with van der Waals surface area (Å²) in [5, 5.41) is 6.38. The lowest BCUT2D eigenvalue weighted by Gasteiger charge is -2.31. The number of benzene rings is 1. The number of anilines is 2. The highest BCUT2D eigenvalue weighted by Gasteiger charge is 2.17. The van der Waals surface area contributed by atoms with Crippen LogP contribution < -0.4 is 10.2 Å². The minimum Gasteiger partial charge on any atom is -0.371 e. The third-order valence-corrected chi connectivity index (χ3v) is 5.79. The van der Waals surface area contributed by atoms with Gasteiger partial charge in [-0.05, 0) is 37.8 Å². The third kappa shape index (κ3) is 6.25. The summed E-state index contributed by atoms with van der Waals surface area (Å²) in [6.07, 6.45) is 3.73. The zero-order valence-corrected chi connectivity index (χ0v) is 17.8. The normalized spacial score (nSPS) is 13.9. The average Bonchev–Trinajstić information content (AvgIpc) is 3.13. The second-order valence-corrected chi connectivity index (χ2v) is 8.28. The van der Waals surface area contributed by atoms with E-state index in [2.05, 4.69) is 33.6 Å². The summed E-state index contributed by atoms with van der Waals surface area (Å²) in [5.74, 6) is 1.28.